The largest absolute Gasteiger partial charge is 0.486 e. The number of rotatable bonds is 11. The fraction of sp³-hybridized carbons (Fsp3) is 0.278. The van der Waals surface area contributed by atoms with Crippen LogP contribution in [0.1, 0.15) is 31.9 Å². The van der Waals surface area contributed by atoms with Gasteiger partial charge in [-0.05, 0) is 74.9 Å². The number of carbonyl (C=O) groups is 2. The summed E-state index contributed by atoms with van der Waals surface area (Å²) in [4.78, 5) is 29.8. The van der Waals surface area contributed by atoms with Crippen LogP contribution >= 0.6 is 23.2 Å². The fourth-order valence-electron chi connectivity index (χ4n) is 5.31. The zero-order chi connectivity index (χ0) is 35.3. The van der Waals surface area contributed by atoms with E-state index in [1.165, 1.54) is 35.2 Å². The molecule has 5 rings (SSSR count). The van der Waals surface area contributed by atoms with Crippen LogP contribution in [0.3, 0.4) is 0 Å². The van der Waals surface area contributed by atoms with E-state index in [1.54, 1.807) is 18.2 Å². The van der Waals surface area contributed by atoms with Crippen molar-refractivity contribution >= 4 is 50.7 Å². The number of benzene rings is 4. The van der Waals surface area contributed by atoms with Crippen LogP contribution in [0.4, 0.5) is 10.1 Å². The predicted molar refractivity (Wildman–Crippen MR) is 187 cm³/mol. The molecule has 13 heteroatoms. The third-order valence-corrected chi connectivity index (χ3v) is 10.1. The molecule has 9 nitrogen and oxygen atoms in total. The van der Waals surface area contributed by atoms with Crippen LogP contribution in [0.15, 0.2) is 95.9 Å². The van der Waals surface area contributed by atoms with Crippen LogP contribution in [-0.2, 0) is 32.6 Å². The molecule has 0 saturated heterocycles. The maximum absolute atomic E-state index is 14.7. The lowest BCUT2D eigenvalue weighted by molar-refractivity contribution is -0.140. The molecule has 1 atom stereocenters. The number of fused-ring (bicyclic) bond motifs is 1. The van der Waals surface area contributed by atoms with E-state index in [0.29, 0.717) is 17.9 Å². The fourth-order valence-corrected chi connectivity index (χ4v) is 7.26. The second-order valence-corrected chi connectivity index (χ2v) is 15.1. The molecule has 1 unspecified atom stereocenters. The first-order valence-corrected chi connectivity index (χ1v) is 17.7. The number of hydrogen-bond acceptors (Lipinski definition) is 6. The highest BCUT2D eigenvalue weighted by Gasteiger charge is 2.36. The van der Waals surface area contributed by atoms with Crippen LogP contribution in [-0.4, -0.2) is 56.5 Å². The monoisotopic (exact) mass is 727 g/mol. The van der Waals surface area contributed by atoms with Gasteiger partial charge in [-0.3, -0.25) is 13.9 Å². The molecule has 1 heterocycles. The molecule has 4 aromatic rings. The minimum Gasteiger partial charge on any atom is -0.486 e. The molecule has 0 saturated carbocycles. The van der Waals surface area contributed by atoms with Gasteiger partial charge in [-0.1, -0.05) is 59.6 Å². The van der Waals surface area contributed by atoms with Gasteiger partial charge in [-0.25, -0.2) is 12.8 Å². The zero-order valence-corrected chi connectivity index (χ0v) is 29.5. The van der Waals surface area contributed by atoms with Crippen molar-refractivity contribution in [3.05, 3.63) is 118 Å². The van der Waals surface area contributed by atoms with Crippen LogP contribution in [0.2, 0.25) is 10.0 Å². The lowest BCUT2D eigenvalue weighted by Gasteiger charge is -2.35. The van der Waals surface area contributed by atoms with E-state index in [9.17, 15) is 22.4 Å². The van der Waals surface area contributed by atoms with Crippen molar-refractivity contribution in [2.45, 2.75) is 50.2 Å². The van der Waals surface area contributed by atoms with Crippen molar-refractivity contribution in [1.82, 2.24) is 10.2 Å². The Hall–Kier alpha value is -4.32. The SMILES string of the molecule is CC(C)(C)NC(=O)C(Cc1ccccc1)N(Cc1c(Cl)cccc1Cl)C(=O)CN(c1ccc(F)cc1)S(=O)(=O)c1ccc2c(c1)OCCO2. The second kappa shape index (κ2) is 15.1. The topological polar surface area (TPSA) is 105 Å². The standard InChI is InChI=1S/C36H36Cl2FN3O6S/c1-36(2,3)40-35(44)31(20-24-8-5-4-6-9-24)41(22-28-29(37)10-7-11-30(28)38)34(43)23-42(26-14-12-25(39)13-15-26)49(45,46)27-16-17-32-33(21-27)48-19-18-47-32/h4-17,21,31H,18-20,22-23H2,1-3H3,(H,40,44). The Morgan fingerprint density at radius 2 is 1.51 bits per heavy atom. The minimum atomic E-state index is -4.48. The van der Waals surface area contributed by atoms with E-state index >= 15 is 0 Å². The molecule has 49 heavy (non-hydrogen) atoms. The van der Waals surface area contributed by atoms with Crippen LogP contribution < -0.4 is 19.1 Å². The Morgan fingerprint density at radius 1 is 0.878 bits per heavy atom. The molecule has 258 valence electrons. The molecular weight excluding hydrogens is 692 g/mol. The number of anilines is 1. The molecule has 0 bridgehead atoms. The van der Waals surface area contributed by atoms with Gasteiger partial charge in [-0.15, -0.1) is 0 Å². The van der Waals surface area contributed by atoms with E-state index < -0.39 is 45.8 Å². The lowest BCUT2D eigenvalue weighted by atomic mass is 10.0. The highest BCUT2D eigenvalue weighted by Crippen LogP contribution is 2.35. The summed E-state index contributed by atoms with van der Waals surface area (Å²) in [5.41, 5.74) is 0.506. The second-order valence-electron chi connectivity index (χ2n) is 12.5. The number of hydrogen-bond donors (Lipinski definition) is 1. The number of carbonyl (C=O) groups excluding carboxylic acids is 2. The summed E-state index contributed by atoms with van der Waals surface area (Å²) in [7, 11) is -4.48. The number of sulfonamides is 1. The van der Waals surface area contributed by atoms with Crippen molar-refractivity contribution in [3.8, 4) is 11.5 Å². The summed E-state index contributed by atoms with van der Waals surface area (Å²) >= 11 is 13.1. The van der Waals surface area contributed by atoms with Gasteiger partial charge in [0, 0.05) is 40.2 Å². The van der Waals surface area contributed by atoms with Crippen LogP contribution in [0.25, 0.3) is 0 Å². The Kier molecular flexibility index (Phi) is 11.1. The summed E-state index contributed by atoms with van der Waals surface area (Å²) in [6.07, 6.45) is 0.0992. The highest BCUT2D eigenvalue weighted by molar-refractivity contribution is 7.92. The first kappa shape index (κ1) is 36.0. The van der Waals surface area contributed by atoms with Crippen LogP contribution in [0, 0.1) is 5.82 Å². The third-order valence-electron chi connectivity index (χ3n) is 7.65. The maximum atomic E-state index is 14.7. The zero-order valence-electron chi connectivity index (χ0n) is 27.2. The van der Waals surface area contributed by atoms with Crippen molar-refractivity contribution in [1.29, 1.82) is 0 Å². The average Bonchev–Trinajstić information content (AvgIpc) is 3.06. The van der Waals surface area contributed by atoms with Gasteiger partial charge in [0.15, 0.2) is 11.5 Å². The molecule has 1 aliphatic rings. The summed E-state index contributed by atoms with van der Waals surface area (Å²) in [5, 5.41) is 3.49. The molecule has 2 amide bonds. The maximum Gasteiger partial charge on any atom is 0.264 e. The van der Waals surface area contributed by atoms with Gasteiger partial charge in [0.05, 0.1) is 10.6 Å². The first-order valence-electron chi connectivity index (χ1n) is 15.5. The average molecular weight is 729 g/mol. The van der Waals surface area contributed by atoms with E-state index in [0.717, 1.165) is 22.0 Å². The van der Waals surface area contributed by atoms with Crippen LogP contribution in [0.5, 0.6) is 11.5 Å². The quantitative estimate of drug-likeness (QED) is 0.186. The Balaban J connectivity index is 1.61. The van der Waals surface area contributed by atoms with Crippen molar-refractivity contribution in [2.24, 2.45) is 0 Å². The van der Waals surface area contributed by atoms with Gasteiger partial charge in [0.2, 0.25) is 11.8 Å². The molecule has 1 N–H and O–H groups in total. The van der Waals surface area contributed by atoms with Gasteiger partial charge in [0.25, 0.3) is 10.0 Å². The number of nitrogens with zero attached hydrogens (tertiary/aromatic N) is 2. The van der Waals surface area contributed by atoms with Crippen molar-refractivity contribution < 1.29 is 31.9 Å². The summed E-state index contributed by atoms with van der Waals surface area (Å²) < 4.78 is 54.8. The van der Waals surface area contributed by atoms with E-state index in [-0.39, 0.29) is 46.0 Å². The molecule has 0 spiro atoms. The normalized spacial score (nSPS) is 13.3. The third kappa shape index (κ3) is 8.83. The summed E-state index contributed by atoms with van der Waals surface area (Å²) in [5.74, 6) is -1.17. The molecule has 0 aromatic heterocycles. The Bertz CT molecular complexity index is 1900. The minimum absolute atomic E-state index is 0.0270. The Morgan fingerprint density at radius 3 is 2.14 bits per heavy atom. The number of amides is 2. The van der Waals surface area contributed by atoms with Gasteiger partial charge in [0.1, 0.15) is 31.6 Å². The predicted octanol–water partition coefficient (Wildman–Crippen LogP) is 6.65. The highest BCUT2D eigenvalue weighted by atomic mass is 35.5. The van der Waals surface area contributed by atoms with Crippen molar-refractivity contribution in [2.75, 3.05) is 24.1 Å². The number of halogens is 3. The number of nitrogens with one attached hydrogen (secondary N) is 1. The number of ether oxygens (including phenoxy) is 2. The Labute approximate surface area is 295 Å². The van der Waals surface area contributed by atoms with E-state index in [1.807, 2.05) is 51.1 Å². The molecular formula is C36H36Cl2FN3O6S. The summed E-state index contributed by atoms with van der Waals surface area (Å²) in [6, 6.07) is 21.8. The molecule has 0 fully saturated rings. The lowest BCUT2D eigenvalue weighted by Crippen LogP contribution is -2.56. The molecule has 0 radical (unpaired) electrons. The van der Waals surface area contributed by atoms with Gasteiger partial charge < -0.3 is 19.7 Å². The van der Waals surface area contributed by atoms with E-state index in [4.69, 9.17) is 32.7 Å². The molecule has 4 aromatic carbocycles. The smallest absolute Gasteiger partial charge is 0.264 e. The summed E-state index contributed by atoms with van der Waals surface area (Å²) in [6.45, 7) is 5.03. The molecule has 1 aliphatic heterocycles. The molecule has 0 aliphatic carbocycles. The van der Waals surface area contributed by atoms with E-state index in [2.05, 4.69) is 5.32 Å². The van der Waals surface area contributed by atoms with Crippen molar-refractivity contribution in [3.63, 3.8) is 0 Å². The first-order chi connectivity index (χ1) is 23.2. The van der Waals surface area contributed by atoms with Gasteiger partial charge >= 0.3 is 0 Å². The van der Waals surface area contributed by atoms with Gasteiger partial charge in [-0.2, -0.15) is 0 Å².